The van der Waals surface area contributed by atoms with Gasteiger partial charge in [-0.15, -0.1) is 11.3 Å². The summed E-state index contributed by atoms with van der Waals surface area (Å²) >= 11 is 1.74. The molecular formula is C23H28N2O3S. The van der Waals surface area contributed by atoms with Gasteiger partial charge >= 0.3 is 0 Å². The topological polar surface area (TPSA) is 49.9 Å². The van der Waals surface area contributed by atoms with Gasteiger partial charge in [0.2, 0.25) is 11.8 Å². The van der Waals surface area contributed by atoms with Crippen LogP contribution >= 0.6 is 11.3 Å². The number of para-hydroxylation sites is 1. The van der Waals surface area contributed by atoms with Crippen LogP contribution in [0.15, 0.2) is 41.8 Å². The van der Waals surface area contributed by atoms with Crippen molar-refractivity contribution in [3.8, 4) is 5.75 Å². The van der Waals surface area contributed by atoms with Gasteiger partial charge in [-0.05, 0) is 62.3 Å². The van der Waals surface area contributed by atoms with Crippen molar-refractivity contribution in [2.75, 3.05) is 19.7 Å². The van der Waals surface area contributed by atoms with Crippen LogP contribution in [0.5, 0.6) is 5.75 Å². The highest BCUT2D eigenvalue weighted by atomic mass is 32.1. The lowest BCUT2D eigenvalue weighted by molar-refractivity contribution is -0.144. The normalized spacial score (nSPS) is 18.4. The van der Waals surface area contributed by atoms with E-state index in [4.69, 9.17) is 4.74 Å². The number of carbonyl (C=O) groups is 2. The van der Waals surface area contributed by atoms with Gasteiger partial charge in [0.25, 0.3) is 0 Å². The maximum atomic E-state index is 13.3. The highest BCUT2D eigenvalue weighted by molar-refractivity contribution is 7.10. The highest BCUT2D eigenvalue weighted by Gasteiger charge is 2.38. The summed E-state index contributed by atoms with van der Waals surface area (Å²) in [5.74, 6) is 1.05. The van der Waals surface area contributed by atoms with Crippen LogP contribution in [-0.2, 0) is 16.0 Å². The summed E-state index contributed by atoms with van der Waals surface area (Å²) in [5.41, 5.74) is 1.18. The average molecular weight is 413 g/mol. The lowest BCUT2D eigenvalue weighted by atomic mass is 10.00. The molecule has 0 N–H and O–H groups in total. The van der Waals surface area contributed by atoms with Crippen molar-refractivity contribution in [3.63, 3.8) is 0 Å². The SMILES string of the molecule is CC(C)N(CC(=O)N1CCc2sccc2[C@@H]1COc1ccccc1)C(=O)C1CC1. The van der Waals surface area contributed by atoms with Crippen molar-refractivity contribution in [1.82, 2.24) is 9.80 Å². The van der Waals surface area contributed by atoms with Gasteiger partial charge in [0.15, 0.2) is 0 Å². The summed E-state index contributed by atoms with van der Waals surface area (Å²) in [5, 5.41) is 2.09. The van der Waals surface area contributed by atoms with Crippen molar-refractivity contribution in [2.45, 2.75) is 45.2 Å². The Morgan fingerprint density at radius 1 is 1.21 bits per heavy atom. The molecule has 0 saturated heterocycles. The molecule has 1 fully saturated rings. The van der Waals surface area contributed by atoms with E-state index >= 15 is 0 Å². The number of benzene rings is 1. The second-order valence-corrected chi connectivity index (χ2v) is 9.11. The third-order valence-corrected chi connectivity index (χ3v) is 6.70. The Hall–Kier alpha value is -2.34. The molecule has 154 valence electrons. The van der Waals surface area contributed by atoms with Crippen LogP contribution in [-0.4, -0.2) is 47.4 Å². The Labute approximate surface area is 176 Å². The minimum atomic E-state index is -0.122. The van der Waals surface area contributed by atoms with Gasteiger partial charge in [-0.1, -0.05) is 18.2 Å². The molecule has 1 aliphatic heterocycles. The maximum absolute atomic E-state index is 13.3. The van der Waals surface area contributed by atoms with Crippen LogP contribution in [0.4, 0.5) is 0 Å². The molecule has 2 amide bonds. The molecule has 2 aliphatic rings. The Bertz CT molecular complexity index is 860. The number of thiophene rings is 1. The van der Waals surface area contributed by atoms with E-state index in [1.54, 1.807) is 16.2 Å². The zero-order chi connectivity index (χ0) is 20.4. The van der Waals surface area contributed by atoms with Gasteiger partial charge in [-0.3, -0.25) is 9.59 Å². The van der Waals surface area contributed by atoms with Gasteiger partial charge < -0.3 is 14.5 Å². The number of fused-ring (bicyclic) bond motifs is 1. The minimum absolute atomic E-state index is 0.00575. The average Bonchev–Trinajstić information content (AvgIpc) is 3.47. The quantitative estimate of drug-likeness (QED) is 0.693. The predicted octanol–water partition coefficient (Wildman–Crippen LogP) is 3.90. The lowest BCUT2D eigenvalue weighted by Crippen LogP contribution is -2.49. The third kappa shape index (κ3) is 4.47. The predicted molar refractivity (Wildman–Crippen MR) is 114 cm³/mol. The van der Waals surface area contributed by atoms with Crippen LogP contribution in [0, 0.1) is 5.92 Å². The molecule has 29 heavy (non-hydrogen) atoms. The van der Waals surface area contributed by atoms with E-state index < -0.39 is 0 Å². The molecule has 2 aromatic rings. The Balaban J connectivity index is 1.50. The molecular weight excluding hydrogens is 384 g/mol. The van der Waals surface area contributed by atoms with E-state index in [1.165, 1.54) is 10.4 Å². The van der Waals surface area contributed by atoms with E-state index in [1.807, 2.05) is 49.1 Å². The summed E-state index contributed by atoms with van der Waals surface area (Å²) in [6.07, 6.45) is 2.76. The van der Waals surface area contributed by atoms with Crippen LogP contribution in [0.25, 0.3) is 0 Å². The first kappa shape index (κ1) is 20.0. The monoisotopic (exact) mass is 412 g/mol. The fourth-order valence-electron chi connectivity index (χ4n) is 3.88. The molecule has 5 nitrogen and oxygen atoms in total. The van der Waals surface area contributed by atoms with E-state index in [0.29, 0.717) is 13.2 Å². The molecule has 6 heteroatoms. The zero-order valence-electron chi connectivity index (χ0n) is 17.0. The molecule has 2 heterocycles. The second kappa shape index (κ2) is 8.57. The van der Waals surface area contributed by atoms with Gasteiger partial charge in [-0.2, -0.15) is 0 Å². The molecule has 0 radical (unpaired) electrons. The zero-order valence-corrected chi connectivity index (χ0v) is 17.9. The molecule has 1 aliphatic carbocycles. The van der Waals surface area contributed by atoms with E-state index in [0.717, 1.165) is 25.0 Å². The van der Waals surface area contributed by atoms with Crippen molar-refractivity contribution >= 4 is 23.2 Å². The minimum Gasteiger partial charge on any atom is -0.491 e. The molecule has 1 aromatic heterocycles. The first-order chi connectivity index (χ1) is 14.0. The first-order valence-electron chi connectivity index (χ1n) is 10.4. The van der Waals surface area contributed by atoms with Crippen LogP contribution < -0.4 is 4.74 Å². The van der Waals surface area contributed by atoms with E-state index in [9.17, 15) is 9.59 Å². The van der Waals surface area contributed by atoms with Gasteiger partial charge in [0.1, 0.15) is 18.9 Å². The molecule has 1 saturated carbocycles. The number of nitrogens with zero attached hydrogens (tertiary/aromatic N) is 2. The summed E-state index contributed by atoms with van der Waals surface area (Å²) in [7, 11) is 0. The number of rotatable bonds is 7. The Kier molecular flexibility index (Phi) is 5.90. The summed E-state index contributed by atoms with van der Waals surface area (Å²) in [4.78, 5) is 30.9. The molecule has 4 rings (SSSR count). The number of carbonyl (C=O) groups excluding carboxylic acids is 2. The van der Waals surface area contributed by atoms with Crippen molar-refractivity contribution in [2.24, 2.45) is 5.92 Å². The third-order valence-electron chi connectivity index (χ3n) is 5.70. The number of ether oxygens (including phenoxy) is 1. The van der Waals surface area contributed by atoms with Crippen LogP contribution in [0.3, 0.4) is 0 Å². The molecule has 1 aromatic carbocycles. The van der Waals surface area contributed by atoms with E-state index in [-0.39, 0.29) is 36.4 Å². The maximum Gasteiger partial charge on any atom is 0.242 e. The van der Waals surface area contributed by atoms with Crippen LogP contribution in [0.1, 0.15) is 43.2 Å². The van der Waals surface area contributed by atoms with E-state index in [2.05, 4.69) is 11.4 Å². The number of hydrogen-bond acceptors (Lipinski definition) is 4. The molecule has 0 unspecified atom stereocenters. The summed E-state index contributed by atoms with van der Waals surface area (Å²) < 4.78 is 6.03. The Morgan fingerprint density at radius 3 is 2.66 bits per heavy atom. The highest BCUT2D eigenvalue weighted by Crippen LogP contribution is 2.35. The lowest BCUT2D eigenvalue weighted by Gasteiger charge is -2.37. The standard InChI is InChI=1S/C23H28N2O3S/c1-16(2)25(23(27)17-8-9-17)14-22(26)24-12-10-21-19(11-13-29-21)20(24)15-28-18-6-4-3-5-7-18/h3-7,11,13,16-17,20H,8-10,12,14-15H2,1-2H3/t20-/m0/s1. The van der Waals surface area contributed by atoms with Gasteiger partial charge in [0.05, 0.1) is 6.04 Å². The van der Waals surface area contributed by atoms with Gasteiger partial charge in [-0.25, -0.2) is 0 Å². The summed E-state index contributed by atoms with van der Waals surface area (Å²) in [6, 6.07) is 11.7. The van der Waals surface area contributed by atoms with Crippen LogP contribution in [0.2, 0.25) is 0 Å². The Morgan fingerprint density at radius 2 is 1.97 bits per heavy atom. The van der Waals surface area contributed by atoms with Gasteiger partial charge in [0, 0.05) is 23.4 Å². The summed E-state index contributed by atoms with van der Waals surface area (Å²) in [6.45, 7) is 5.19. The second-order valence-electron chi connectivity index (χ2n) is 8.11. The molecule has 0 bridgehead atoms. The molecule has 0 spiro atoms. The molecule has 1 atom stereocenters. The van der Waals surface area contributed by atoms with Crippen molar-refractivity contribution < 1.29 is 14.3 Å². The number of amides is 2. The fourth-order valence-corrected chi connectivity index (χ4v) is 4.81. The first-order valence-corrected chi connectivity index (χ1v) is 11.3. The number of hydrogen-bond donors (Lipinski definition) is 0. The fraction of sp³-hybridized carbons (Fsp3) is 0.478. The largest absolute Gasteiger partial charge is 0.491 e. The van der Waals surface area contributed by atoms with Crippen molar-refractivity contribution in [1.29, 1.82) is 0 Å². The van der Waals surface area contributed by atoms with Crippen molar-refractivity contribution in [3.05, 3.63) is 52.2 Å². The smallest absolute Gasteiger partial charge is 0.242 e.